The SMILES string of the molecule is CCCCCCCCc1cnc(-c2ccc(C3CCCCC3)cc2)nc1. The quantitative estimate of drug-likeness (QED) is 0.451. The summed E-state index contributed by atoms with van der Waals surface area (Å²) in [6.07, 6.45) is 20.0. The van der Waals surface area contributed by atoms with Crippen LogP contribution in [0.5, 0.6) is 0 Å². The Labute approximate surface area is 159 Å². The molecule has 0 spiro atoms. The van der Waals surface area contributed by atoms with E-state index in [9.17, 15) is 0 Å². The van der Waals surface area contributed by atoms with Gasteiger partial charge >= 0.3 is 0 Å². The Balaban J connectivity index is 1.50. The van der Waals surface area contributed by atoms with Crippen LogP contribution in [0.1, 0.15) is 94.6 Å². The van der Waals surface area contributed by atoms with E-state index in [1.54, 1.807) is 0 Å². The number of aryl methyl sites for hydroxylation is 1. The summed E-state index contributed by atoms with van der Waals surface area (Å²) in [5.41, 5.74) is 3.90. The molecular formula is C24H34N2. The number of unbranched alkanes of at least 4 members (excludes halogenated alkanes) is 5. The molecule has 0 N–H and O–H groups in total. The van der Waals surface area contributed by atoms with Gasteiger partial charge in [0.25, 0.3) is 0 Å². The molecular weight excluding hydrogens is 316 g/mol. The molecule has 0 atom stereocenters. The second-order valence-electron chi connectivity index (χ2n) is 7.89. The topological polar surface area (TPSA) is 25.8 Å². The number of hydrogen-bond acceptors (Lipinski definition) is 2. The van der Waals surface area contributed by atoms with Crippen molar-refractivity contribution in [1.82, 2.24) is 9.97 Å². The number of aromatic nitrogens is 2. The molecule has 140 valence electrons. The summed E-state index contributed by atoms with van der Waals surface area (Å²) in [4.78, 5) is 9.22. The van der Waals surface area contributed by atoms with Crippen molar-refractivity contribution in [2.45, 2.75) is 89.9 Å². The zero-order chi connectivity index (χ0) is 18.0. The third-order valence-electron chi connectivity index (χ3n) is 5.77. The van der Waals surface area contributed by atoms with Crippen molar-refractivity contribution < 1.29 is 0 Å². The Bertz CT molecular complexity index is 624. The van der Waals surface area contributed by atoms with E-state index in [4.69, 9.17) is 0 Å². The first-order valence-corrected chi connectivity index (χ1v) is 10.8. The minimum Gasteiger partial charge on any atom is -0.236 e. The van der Waals surface area contributed by atoms with Crippen LogP contribution in [0, 0.1) is 0 Å². The van der Waals surface area contributed by atoms with E-state index in [0.29, 0.717) is 0 Å². The van der Waals surface area contributed by atoms with E-state index in [1.165, 1.54) is 81.8 Å². The maximum Gasteiger partial charge on any atom is 0.159 e. The molecule has 1 fully saturated rings. The zero-order valence-electron chi connectivity index (χ0n) is 16.4. The van der Waals surface area contributed by atoms with Gasteiger partial charge in [-0.05, 0) is 42.7 Å². The van der Waals surface area contributed by atoms with Gasteiger partial charge in [0, 0.05) is 18.0 Å². The normalized spacial score (nSPS) is 15.3. The minimum absolute atomic E-state index is 0.762. The highest BCUT2D eigenvalue weighted by atomic mass is 14.9. The Kier molecular flexibility index (Phi) is 7.66. The highest BCUT2D eigenvalue weighted by Crippen LogP contribution is 2.33. The van der Waals surface area contributed by atoms with Gasteiger partial charge < -0.3 is 0 Å². The third-order valence-corrected chi connectivity index (χ3v) is 5.77. The highest BCUT2D eigenvalue weighted by Gasteiger charge is 2.15. The summed E-state index contributed by atoms with van der Waals surface area (Å²) in [6.45, 7) is 2.27. The van der Waals surface area contributed by atoms with E-state index in [-0.39, 0.29) is 0 Å². The largest absolute Gasteiger partial charge is 0.236 e. The number of rotatable bonds is 9. The Morgan fingerprint density at radius 2 is 1.46 bits per heavy atom. The summed E-state index contributed by atoms with van der Waals surface area (Å²) in [5, 5.41) is 0. The third kappa shape index (κ3) is 5.65. The standard InChI is InChI=1S/C24H34N2/c1-2-3-4-5-6-8-11-20-18-25-24(26-19-20)23-16-14-22(15-17-23)21-12-9-7-10-13-21/h14-19,21H,2-13H2,1H3. The van der Waals surface area contributed by atoms with Crippen LogP contribution in [0.4, 0.5) is 0 Å². The lowest BCUT2D eigenvalue weighted by atomic mass is 9.84. The van der Waals surface area contributed by atoms with Crippen molar-refractivity contribution in [1.29, 1.82) is 0 Å². The lowest BCUT2D eigenvalue weighted by Crippen LogP contribution is -2.04. The summed E-state index contributed by atoms with van der Waals surface area (Å²) >= 11 is 0. The summed E-state index contributed by atoms with van der Waals surface area (Å²) in [6, 6.07) is 8.98. The monoisotopic (exact) mass is 350 g/mol. The molecule has 0 amide bonds. The van der Waals surface area contributed by atoms with Crippen LogP contribution in [-0.2, 0) is 6.42 Å². The first kappa shape index (κ1) is 19.1. The lowest BCUT2D eigenvalue weighted by Gasteiger charge is -2.22. The Morgan fingerprint density at radius 1 is 0.808 bits per heavy atom. The molecule has 0 radical (unpaired) electrons. The van der Waals surface area contributed by atoms with Crippen molar-refractivity contribution in [2.24, 2.45) is 0 Å². The van der Waals surface area contributed by atoms with Crippen molar-refractivity contribution in [3.05, 3.63) is 47.8 Å². The van der Waals surface area contributed by atoms with Gasteiger partial charge in [-0.15, -0.1) is 0 Å². The molecule has 1 heterocycles. The summed E-state index contributed by atoms with van der Waals surface area (Å²) in [5.74, 6) is 1.62. The van der Waals surface area contributed by atoms with Crippen LogP contribution in [0.3, 0.4) is 0 Å². The molecule has 1 aliphatic carbocycles. The van der Waals surface area contributed by atoms with Crippen LogP contribution in [0.25, 0.3) is 11.4 Å². The van der Waals surface area contributed by atoms with Crippen molar-refractivity contribution in [3.8, 4) is 11.4 Å². The van der Waals surface area contributed by atoms with Gasteiger partial charge in [0.2, 0.25) is 0 Å². The molecule has 2 aromatic rings. The predicted octanol–water partition coefficient (Wildman–Crippen LogP) is 7.09. The lowest BCUT2D eigenvalue weighted by molar-refractivity contribution is 0.443. The van der Waals surface area contributed by atoms with Crippen LogP contribution in [0.15, 0.2) is 36.7 Å². The smallest absolute Gasteiger partial charge is 0.159 e. The molecule has 2 heteroatoms. The molecule has 2 nitrogen and oxygen atoms in total. The Morgan fingerprint density at radius 3 is 2.15 bits per heavy atom. The van der Waals surface area contributed by atoms with E-state index in [1.807, 2.05) is 12.4 Å². The average molecular weight is 351 g/mol. The molecule has 26 heavy (non-hydrogen) atoms. The molecule has 0 bridgehead atoms. The van der Waals surface area contributed by atoms with Crippen LogP contribution >= 0.6 is 0 Å². The number of nitrogens with zero attached hydrogens (tertiary/aromatic N) is 2. The first-order chi connectivity index (χ1) is 12.9. The maximum absolute atomic E-state index is 4.61. The molecule has 1 aliphatic rings. The van der Waals surface area contributed by atoms with Gasteiger partial charge in [0.05, 0.1) is 0 Å². The fourth-order valence-corrected chi connectivity index (χ4v) is 4.08. The molecule has 1 aromatic carbocycles. The van der Waals surface area contributed by atoms with Gasteiger partial charge in [0.15, 0.2) is 5.82 Å². The molecule has 1 saturated carbocycles. The summed E-state index contributed by atoms with van der Waals surface area (Å²) in [7, 11) is 0. The van der Waals surface area contributed by atoms with Gasteiger partial charge in [-0.1, -0.05) is 82.6 Å². The van der Waals surface area contributed by atoms with Gasteiger partial charge in [-0.25, -0.2) is 9.97 Å². The highest BCUT2D eigenvalue weighted by molar-refractivity contribution is 5.55. The average Bonchev–Trinajstić information content (AvgIpc) is 2.72. The molecule has 0 unspecified atom stereocenters. The molecule has 3 rings (SSSR count). The molecule has 1 aromatic heterocycles. The first-order valence-electron chi connectivity index (χ1n) is 10.8. The van der Waals surface area contributed by atoms with Crippen LogP contribution < -0.4 is 0 Å². The second-order valence-corrected chi connectivity index (χ2v) is 7.89. The van der Waals surface area contributed by atoms with Gasteiger partial charge in [0.1, 0.15) is 0 Å². The van der Waals surface area contributed by atoms with E-state index in [2.05, 4.69) is 41.2 Å². The second kappa shape index (κ2) is 10.4. The van der Waals surface area contributed by atoms with Crippen molar-refractivity contribution in [2.75, 3.05) is 0 Å². The minimum atomic E-state index is 0.762. The number of hydrogen-bond donors (Lipinski definition) is 0. The zero-order valence-corrected chi connectivity index (χ0v) is 16.4. The molecule has 0 aliphatic heterocycles. The fraction of sp³-hybridized carbons (Fsp3) is 0.583. The fourth-order valence-electron chi connectivity index (χ4n) is 4.08. The number of benzene rings is 1. The Hall–Kier alpha value is -1.70. The van der Waals surface area contributed by atoms with Crippen molar-refractivity contribution >= 4 is 0 Å². The van der Waals surface area contributed by atoms with E-state index < -0.39 is 0 Å². The van der Waals surface area contributed by atoms with E-state index >= 15 is 0 Å². The van der Waals surface area contributed by atoms with Crippen LogP contribution in [-0.4, -0.2) is 9.97 Å². The molecule has 0 saturated heterocycles. The van der Waals surface area contributed by atoms with Crippen LogP contribution in [0.2, 0.25) is 0 Å². The summed E-state index contributed by atoms with van der Waals surface area (Å²) < 4.78 is 0. The van der Waals surface area contributed by atoms with Gasteiger partial charge in [-0.2, -0.15) is 0 Å². The van der Waals surface area contributed by atoms with Gasteiger partial charge in [-0.3, -0.25) is 0 Å². The van der Waals surface area contributed by atoms with Crippen molar-refractivity contribution in [3.63, 3.8) is 0 Å². The maximum atomic E-state index is 4.61. The van der Waals surface area contributed by atoms with E-state index in [0.717, 1.165) is 23.7 Å². The predicted molar refractivity (Wildman–Crippen MR) is 110 cm³/mol.